The average molecular weight is 401 g/mol. The number of amides is 1. The predicted molar refractivity (Wildman–Crippen MR) is 111 cm³/mol. The van der Waals surface area contributed by atoms with E-state index in [-0.39, 0.29) is 11.3 Å². The van der Waals surface area contributed by atoms with E-state index < -0.39 is 10.0 Å². The van der Waals surface area contributed by atoms with Gasteiger partial charge >= 0.3 is 0 Å². The van der Waals surface area contributed by atoms with E-state index in [2.05, 4.69) is 26.1 Å². The van der Waals surface area contributed by atoms with Crippen molar-refractivity contribution in [3.63, 3.8) is 0 Å². The summed E-state index contributed by atoms with van der Waals surface area (Å²) in [5, 5.41) is 2.63. The number of fused-ring (bicyclic) bond motifs is 1. The molecule has 0 aliphatic carbocycles. The molecule has 6 heteroatoms. The number of hydrogen-bond acceptors (Lipinski definition) is 3. The SMILES string of the molecule is CNC(=O)c1ccc2c(c1)CCCN(S(=O)(=O)c1ccc(C(C)(C)C)cc1)C2. The summed E-state index contributed by atoms with van der Waals surface area (Å²) < 4.78 is 27.9. The van der Waals surface area contributed by atoms with Crippen molar-refractivity contribution in [2.24, 2.45) is 0 Å². The second-order valence-electron chi connectivity index (χ2n) is 8.28. The van der Waals surface area contributed by atoms with Crippen molar-refractivity contribution in [1.82, 2.24) is 9.62 Å². The number of aryl methyl sites for hydroxylation is 1. The van der Waals surface area contributed by atoms with E-state index in [4.69, 9.17) is 0 Å². The smallest absolute Gasteiger partial charge is 0.251 e. The highest BCUT2D eigenvalue weighted by Gasteiger charge is 2.27. The van der Waals surface area contributed by atoms with Gasteiger partial charge in [-0.25, -0.2) is 8.42 Å². The molecule has 0 bridgehead atoms. The van der Waals surface area contributed by atoms with Crippen molar-refractivity contribution in [1.29, 1.82) is 0 Å². The van der Waals surface area contributed by atoms with Crippen LogP contribution in [0.2, 0.25) is 0 Å². The van der Waals surface area contributed by atoms with Gasteiger partial charge in [0.1, 0.15) is 0 Å². The molecular formula is C22H28N2O3S. The van der Waals surface area contributed by atoms with Gasteiger partial charge in [-0.2, -0.15) is 4.31 Å². The fourth-order valence-electron chi connectivity index (χ4n) is 3.49. The highest BCUT2D eigenvalue weighted by Crippen LogP contribution is 2.27. The van der Waals surface area contributed by atoms with Gasteiger partial charge in [0.15, 0.2) is 0 Å². The van der Waals surface area contributed by atoms with Crippen molar-refractivity contribution in [3.8, 4) is 0 Å². The Labute approximate surface area is 167 Å². The summed E-state index contributed by atoms with van der Waals surface area (Å²) in [5.74, 6) is -0.129. The van der Waals surface area contributed by atoms with Crippen molar-refractivity contribution in [2.45, 2.75) is 50.5 Å². The third kappa shape index (κ3) is 4.13. The summed E-state index contributed by atoms with van der Waals surface area (Å²) in [7, 11) is -1.96. The number of carbonyl (C=O) groups excluding carboxylic acids is 1. The summed E-state index contributed by atoms with van der Waals surface area (Å²) in [5.41, 5.74) is 3.69. The zero-order valence-corrected chi connectivity index (χ0v) is 17.8. The van der Waals surface area contributed by atoms with Gasteiger partial charge in [-0.05, 0) is 59.2 Å². The van der Waals surface area contributed by atoms with Crippen LogP contribution in [0.15, 0.2) is 47.4 Å². The van der Waals surface area contributed by atoms with Gasteiger partial charge in [0.25, 0.3) is 5.91 Å². The minimum Gasteiger partial charge on any atom is -0.355 e. The van der Waals surface area contributed by atoms with Gasteiger partial charge in [-0.3, -0.25) is 4.79 Å². The van der Waals surface area contributed by atoms with Crippen LogP contribution < -0.4 is 5.32 Å². The molecule has 1 N–H and O–H groups in total. The van der Waals surface area contributed by atoms with Gasteiger partial charge in [0, 0.05) is 25.7 Å². The average Bonchev–Trinajstić information content (AvgIpc) is 2.89. The monoisotopic (exact) mass is 400 g/mol. The number of sulfonamides is 1. The number of benzene rings is 2. The summed E-state index contributed by atoms with van der Waals surface area (Å²) in [6.45, 7) is 7.11. The molecule has 5 nitrogen and oxygen atoms in total. The Morgan fingerprint density at radius 2 is 1.71 bits per heavy atom. The van der Waals surface area contributed by atoms with E-state index in [0.29, 0.717) is 23.5 Å². The molecule has 0 spiro atoms. The Morgan fingerprint density at radius 1 is 1.04 bits per heavy atom. The first-order valence-electron chi connectivity index (χ1n) is 9.57. The number of nitrogens with zero attached hydrogens (tertiary/aromatic N) is 1. The van der Waals surface area contributed by atoms with E-state index >= 15 is 0 Å². The molecule has 150 valence electrons. The van der Waals surface area contributed by atoms with Crippen LogP contribution in [-0.2, 0) is 28.4 Å². The van der Waals surface area contributed by atoms with Gasteiger partial charge in [0.2, 0.25) is 10.0 Å². The minimum atomic E-state index is -3.57. The topological polar surface area (TPSA) is 66.5 Å². The molecule has 0 radical (unpaired) electrons. The molecule has 0 saturated heterocycles. The largest absolute Gasteiger partial charge is 0.355 e. The zero-order valence-electron chi connectivity index (χ0n) is 17.0. The van der Waals surface area contributed by atoms with Gasteiger partial charge in [0.05, 0.1) is 4.90 Å². The second kappa shape index (κ2) is 7.68. The molecule has 1 aliphatic heterocycles. The number of hydrogen-bond donors (Lipinski definition) is 1. The summed E-state index contributed by atoms with van der Waals surface area (Å²) in [6, 6.07) is 12.7. The first kappa shape index (κ1) is 20.6. The van der Waals surface area contributed by atoms with Crippen LogP contribution in [0.25, 0.3) is 0 Å². The van der Waals surface area contributed by atoms with E-state index in [1.54, 1.807) is 29.6 Å². The summed E-state index contributed by atoms with van der Waals surface area (Å²) >= 11 is 0. The van der Waals surface area contributed by atoms with E-state index in [0.717, 1.165) is 29.5 Å². The Kier molecular flexibility index (Phi) is 5.64. The predicted octanol–water partition coefficient (Wildman–Crippen LogP) is 3.48. The lowest BCUT2D eigenvalue weighted by Gasteiger charge is -2.22. The molecule has 0 fully saturated rings. The minimum absolute atomic E-state index is 0.0215. The molecule has 1 heterocycles. The lowest BCUT2D eigenvalue weighted by atomic mass is 9.87. The third-order valence-corrected chi connectivity index (χ3v) is 7.11. The molecule has 1 aliphatic rings. The lowest BCUT2D eigenvalue weighted by Crippen LogP contribution is -2.31. The van der Waals surface area contributed by atoms with Gasteiger partial charge in [-0.1, -0.05) is 39.0 Å². The van der Waals surface area contributed by atoms with Crippen LogP contribution >= 0.6 is 0 Å². The van der Waals surface area contributed by atoms with E-state index in [1.807, 2.05) is 24.3 Å². The summed E-state index contributed by atoms with van der Waals surface area (Å²) in [4.78, 5) is 12.2. The molecule has 2 aromatic rings. The van der Waals surface area contributed by atoms with E-state index in [1.165, 1.54) is 0 Å². The molecule has 3 rings (SSSR count). The fraction of sp³-hybridized carbons (Fsp3) is 0.409. The Hall–Kier alpha value is -2.18. The Balaban J connectivity index is 1.88. The Bertz CT molecular complexity index is 974. The molecular weight excluding hydrogens is 372 g/mol. The van der Waals surface area contributed by atoms with Crippen molar-refractivity contribution in [2.75, 3.05) is 13.6 Å². The van der Waals surface area contributed by atoms with Gasteiger partial charge in [-0.15, -0.1) is 0 Å². The fourth-order valence-corrected chi connectivity index (χ4v) is 4.95. The molecule has 0 atom stereocenters. The number of rotatable bonds is 3. The first-order chi connectivity index (χ1) is 13.1. The first-order valence-corrected chi connectivity index (χ1v) is 11.0. The lowest BCUT2D eigenvalue weighted by molar-refractivity contribution is 0.0963. The molecule has 0 aromatic heterocycles. The normalized spacial score (nSPS) is 15.6. The van der Waals surface area contributed by atoms with Crippen LogP contribution in [0.3, 0.4) is 0 Å². The molecule has 0 unspecified atom stereocenters. The van der Waals surface area contributed by atoms with Crippen molar-refractivity contribution >= 4 is 15.9 Å². The maximum Gasteiger partial charge on any atom is 0.251 e. The van der Waals surface area contributed by atoms with Gasteiger partial charge < -0.3 is 5.32 Å². The quantitative estimate of drug-likeness (QED) is 0.858. The highest BCUT2D eigenvalue weighted by molar-refractivity contribution is 7.89. The molecule has 1 amide bonds. The second-order valence-corrected chi connectivity index (χ2v) is 10.2. The van der Waals surface area contributed by atoms with Crippen LogP contribution in [0.5, 0.6) is 0 Å². The zero-order chi connectivity index (χ0) is 20.5. The number of nitrogens with one attached hydrogen (secondary N) is 1. The highest BCUT2D eigenvalue weighted by atomic mass is 32.2. The number of carbonyl (C=O) groups is 1. The third-order valence-electron chi connectivity index (χ3n) is 5.25. The molecule has 0 saturated carbocycles. The van der Waals surface area contributed by atoms with E-state index in [9.17, 15) is 13.2 Å². The maximum absolute atomic E-state index is 13.2. The standard InChI is InChI=1S/C22H28N2O3S/c1-22(2,3)19-9-11-20(12-10-19)28(26,27)24-13-5-6-16-14-17(21(25)23-4)7-8-18(16)15-24/h7-12,14H,5-6,13,15H2,1-4H3,(H,23,25). The van der Waals surface area contributed by atoms with Crippen LogP contribution in [0, 0.1) is 0 Å². The van der Waals surface area contributed by atoms with Crippen molar-refractivity contribution < 1.29 is 13.2 Å². The summed E-state index contributed by atoms with van der Waals surface area (Å²) in [6.07, 6.45) is 1.48. The molecule has 2 aromatic carbocycles. The van der Waals surface area contributed by atoms with Crippen LogP contribution in [0.4, 0.5) is 0 Å². The van der Waals surface area contributed by atoms with Crippen LogP contribution in [-0.4, -0.2) is 32.2 Å². The maximum atomic E-state index is 13.2. The van der Waals surface area contributed by atoms with Crippen molar-refractivity contribution in [3.05, 3.63) is 64.7 Å². The molecule has 28 heavy (non-hydrogen) atoms. The Morgan fingerprint density at radius 3 is 2.32 bits per heavy atom. The van der Waals surface area contributed by atoms with Crippen LogP contribution in [0.1, 0.15) is 54.2 Å².